The summed E-state index contributed by atoms with van der Waals surface area (Å²) in [5.74, 6) is -1.17. The number of rotatable bonds is 6. The second kappa shape index (κ2) is 6.31. The number of hydrogen-bond acceptors (Lipinski definition) is 6. The van der Waals surface area contributed by atoms with Gasteiger partial charge in [0.2, 0.25) is 10.0 Å². The van der Waals surface area contributed by atoms with Gasteiger partial charge in [0, 0.05) is 11.8 Å². The molecule has 10 heteroatoms. The molecule has 0 saturated heterocycles. The maximum atomic E-state index is 11.9. The molecule has 0 radical (unpaired) electrons. The van der Waals surface area contributed by atoms with Crippen LogP contribution in [0.1, 0.15) is 11.1 Å². The van der Waals surface area contributed by atoms with Crippen LogP contribution in [0.25, 0.3) is 0 Å². The Morgan fingerprint density at radius 2 is 1.90 bits per heavy atom. The van der Waals surface area contributed by atoms with Gasteiger partial charge in [-0.2, -0.15) is 0 Å². The fourth-order valence-corrected chi connectivity index (χ4v) is 4.17. The molecule has 1 aromatic rings. The number of nitrogens with two attached hydrogens (primary N) is 1. The van der Waals surface area contributed by atoms with E-state index >= 15 is 0 Å². The summed E-state index contributed by atoms with van der Waals surface area (Å²) >= 11 is 0. The highest BCUT2D eigenvalue weighted by Gasteiger charge is 2.16. The molecular formula is C11H17N3O5S2. The third-order valence-corrected chi connectivity index (χ3v) is 5.11. The number of hydrogen-bond donors (Lipinski definition) is 3. The number of nitrogens with zero attached hydrogens (tertiary/aromatic N) is 1. The number of nitrogens with one attached hydrogen (secondary N) is 1. The Balaban J connectivity index is 3.01. The van der Waals surface area contributed by atoms with E-state index in [1.807, 2.05) is 0 Å². The Kier molecular flexibility index (Phi) is 5.18. The summed E-state index contributed by atoms with van der Waals surface area (Å²) in [6, 6.07) is 4.57. The van der Waals surface area contributed by atoms with Gasteiger partial charge < -0.3 is 10.9 Å². The molecule has 0 aromatic heterocycles. The summed E-state index contributed by atoms with van der Waals surface area (Å²) in [5.41, 5.74) is 6.63. The lowest BCUT2D eigenvalue weighted by Gasteiger charge is -2.11. The zero-order chi connectivity index (χ0) is 16.3. The topological polar surface area (TPSA) is 139 Å². The summed E-state index contributed by atoms with van der Waals surface area (Å²) in [7, 11) is -7.19. The molecule has 0 atom stereocenters. The highest BCUT2D eigenvalue weighted by atomic mass is 32.2. The van der Waals surface area contributed by atoms with Gasteiger partial charge in [0.1, 0.15) is 9.84 Å². The van der Waals surface area contributed by atoms with E-state index in [4.69, 9.17) is 10.9 Å². The molecule has 0 amide bonds. The summed E-state index contributed by atoms with van der Waals surface area (Å²) < 4.78 is 48.1. The third-order valence-electron chi connectivity index (χ3n) is 2.63. The van der Waals surface area contributed by atoms with E-state index < -0.39 is 31.4 Å². The summed E-state index contributed by atoms with van der Waals surface area (Å²) in [4.78, 5) is 0. The number of aryl methyl sites for hydroxylation is 1. The number of anilines is 1. The largest absolute Gasteiger partial charge is 0.409 e. The Hall–Kier alpha value is -1.81. The average molecular weight is 335 g/mol. The van der Waals surface area contributed by atoms with Crippen LogP contribution in [0.4, 0.5) is 5.69 Å². The molecule has 118 valence electrons. The van der Waals surface area contributed by atoms with Crippen molar-refractivity contribution in [3.63, 3.8) is 0 Å². The number of sulfonamides is 1. The molecule has 0 aliphatic heterocycles. The fraction of sp³-hybridized carbons (Fsp3) is 0.364. The van der Waals surface area contributed by atoms with Crippen LogP contribution >= 0.6 is 0 Å². The van der Waals surface area contributed by atoms with E-state index in [0.29, 0.717) is 11.1 Å². The molecule has 0 aliphatic carbocycles. The maximum absolute atomic E-state index is 11.9. The lowest BCUT2D eigenvalue weighted by molar-refractivity contribution is 0.318. The monoisotopic (exact) mass is 335 g/mol. The molecule has 0 bridgehead atoms. The molecule has 0 fully saturated rings. The summed E-state index contributed by atoms with van der Waals surface area (Å²) in [5, 5.41) is 11.4. The van der Waals surface area contributed by atoms with E-state index in [1.54, 1.807) is 19.1 Å². The molecule has 8 nitrogen and oxygen atoms in total. The van der Waals surface area contributed by atoms with Crippen LogP contribution in [0, 0.1) is 6.92 Å². The lowest BCUT2D eigenvalue weighted by atomic mass is 10.1. The molecule has 0 heterocycles. The molecule has 4 N–H and O–H groups in total. The van der Waals surface area contributed by atoms with Crippen molar-refractivity contribution in [3.8, 4) is 0 Å². The first-order valence-corrected chi connectivity index (χ1v) is 9.52. The van der Waals surface area contributed by atoms with E-state index in [1.165, 1.54) is 6.07 Å². The predicted molar refractivity (Wildman–Crippen MR) is 80.8 cm³/mol. The van der Waals surface area contributed by atoms with Gasteiger partial charge in [0.05, 0.1) is 17.2 Å². The summed E-state index contributed by atoms with van der Waals surface area (Å²) in [6.45, 7) is 1.67. The van der Waals surface area contributed by atoms with Crippen LogP contribution in [-0.2, 0) is 19.9 Å². The Morgan fingerprint density at radius 3 is 2.43 bits per heavy atom. The van der Waals surface area contributed by atoms with Crippen molar-refractivity contribution in [1.82, 2.24) is 0 Å². The number of benzene rings is 1. The molecule has 1 aromatic carbocycles. The van der Waals surface area contributed by atoms with Crippen LogP contribution < -0.4 is 10.5 Å². The zero-order valence-electron chi connectivity index (χ0n) is 11.6. The normalized spacial score (nSPS) is 13.1. The minimum Gasteiger partial charge on any atom is -0.409 e. The minimum atomic E-state index is -3.81. The van der Waals surface area contributed by atoms with E-state index in [2.05, 4.69) is 9.88 Å². The second-order valence-electron chi connectivity index (χ2n) is 4.57. The Labute approximate surface area is 123 Å². The van der Waals surface area contributed by atoms with Gasteiger partial charge in [-0.15, -0.1) is 0 Å². The number of sulfone groups is 1. The minimum absolute atomic E-state index is 0.161. The average Bonchev–Trinajstić information content (AvgIpc) is 2.37. The SMILES string of the molecule is Cc1ccc(C(N)=NO)cc1NS(=O)(=O)CCS(C)(=O)=O. The first-order chi connectivity index (χ1) is 9.54. The molecule has 0 unspecified atom stereocenters. The zero-order valence-corrected chi connectivity index (χ0v) is 13.2. The number of amidine groups is 1. The Bertz CT molecular complexity index is 754. The molecule has 0 aliphatic rings. The van der Waals surface area contributed by atoms with Gasteiger partial charge >= 0.3 is 0 Å². The standard InChI is InChI=1S/C11H17N3O5S2/c1-8-3-4-9(11(12)13-15)7-10(8)14-21(18,19)6-5-20(2,16)17/h3-4,7,14-15H,5-6H2,1-2H3,(H2,12,13). The number of oxime groups is 1. The highest BCUT2D eigenvalue weighted by Crippen LogP contribution is 2.18. The van der Waals surface area contributed by atoms with Crippen molar-refractivity contribution >= 4 is 31.4 Å². The van der Waals surface area contributed by atoms with Crippen LogP contribution in [0.2, 0.25) is 0 Å². The van der Waals surface area contributed by atoms with Gasteiger partial charge in [0.15, 0.2) is 5.84 Å². The van der Waals surface area contributed by atoms with Gasteiger partial charge in [-0.1, -0.05) is 17.3 Å². The van der Waals surface area contributed by atoms with E-state index in [9.17, 15) is 16.8 Å². The van der Waals surface area contributed by atoms with Crippen molar-refractivity contribution in [2.24, 2.45) is 10.9 Å². The summed E-state index contributed by atoms with van der Waals surface area (Å²) in [6.07, 6.45) is 0.965. The van der Waals surface area contributed by atoms with Crippen LogP contribution in [-0.4, -0.2) is 45.6 Å². The first-order valence-electron chi connectivity index (χ1n) is 5.81. The van der Waals surface area contributed by atoms with Crippen molar-refractivity contribution in [2.45, 2.75) is 6.92 Å². The molecular weight excluding hydrogens is 318 g/mol. The lowest BCUT2D eigenvalue weighted by Crippen LogP contribution is -2.23. The molecule has 0 spiro atoms. The fourth-order valence-electron chi connectivity index (χ4n) is 1.43. The molecule has 21 heavy (non-hydrogen) atoms. The third kappa shape index (κ3) is 5.60. The van der Waals surface area contributed by atoms with E-state index in [0.717, 1.165) is 6.26 Å². The van der Waals surface area contributed by atoms with Crippen LogP contribution in [0.3, 0.4) is 0 Å². The quantitative estimate of drug-likeness (QED) is 0.286. The molecule has 1 rings (SSSR count). The van der Waals surface area contributed by atoms with E-state index in [-0.39, 0.29) is 11.5 Å². The van der Waals surface area contributed by atoms with Crippen molar-refractivity contribution in [1.29, 1.82) is 0 Å². The highest BCUT2D eigenvalue weighted by molar-refractivity contribution is 7.95. The Morgan fingerprint density at radius 1 is 1.29 bits per heavy atom. The van der Waals surface area contributed by atoms with Gasteiger partial charge in [-0.05, 0) is 18.6 Å². The second-order valence-corrected chi connectivity index (χ2v) is 8.67. The van der Waals surface area contributed by atoms with Gasteiger partial charge in [0.25, 0.3) is 0 Å². The van der Waals surface area contributed by atoms with Gasteiger partial charge in [-0.25, -0.2) is 16.8 Å². The van der Waals surface area contributed by atoms with Crippen molar-refractivity contribution < 1.29 is 22.0 Å². The van der Waals surface area contributed by atoms with Crippen molar-refractivity contribution in [3.05, 3.63) is 29.3 Å². The molecule has 0 saturated carbocycles. The first kappa shape index (κ1) is 17.2. The van der Waals surface area contributed by atoms with Crippen LogP contribution in [0.15, 0.2) is 23.4 Å². The predicted octanol–water partition coefficient (Wildman–Crippen LogP) is -0.124. The van der Waals surface area contributed by atoms with Crippen molar-refractivity contribution in [2.75, 3.05) is 22.5 Å². The smallest absolute Gasteiger partial charge is 0.233 e. The van der Waals surface area contributed by atoms with Crippen LogP contribution in [0.5, 0.6) is 0 Å². The van der Waals surface area contributed by atoms with Gasteiger partial charge in [-0.3, -0.25) is 4.72 Å². The maximum Gasteiger partial charge on any atom is 0.233 e.